The van der Waals surface area contributed by atoms with Gasteiger partial charge in [0.1, 0.15) is 0 Å². The lowest BCUT2D eigenvalue weighted by atomic mass is 10.3. The summed E-state index contributed by atoms with van der Waals surface area (Å²) in [6, 6.07) is 0. The fourth-order valence-corrected chi connectivity index (χ4v) is 0.749. The molecule has 0 saturated heterocycles. The molecule has 0 saturated carbocycles. The molecule has 64 valence electrons. The number of aliphatic carboxylic acids is 1. The summed E-state index contributed by atoms with van der Waals surface area (Å²) in [5.74, 6) is -0.830. The van der Waals surface area contributed by atoms with Gasteiger partial charge in [0.2, 0.25) is 0 Å². The second-order valence-electron chi connectivity index (χ2n) is 1.92. The third kappa shape index (κ3) is 7.18. The molecule has 0 aromatic rings. The van der Waals surface area contributed by atoms with Gasteiger partial charge in [-0.25, -0.2) is 0 Å². The molecule has 2 N–H and O–H groups in total. The summed E-state index contributed by atoms with van der Waals surface area (Å²) in [6.07, 6.45) is 2.27. The molecule has 0 aromatic heterocycles. The average Bonchev–Trinajstić information content (AvgIpc) is 1.97. The lowest BCUT2D eigenvalue weighted by Gasteiger charge is -1.99. The van der Waals surface area contributed by atoms with E-state index in [1.165, 1.54) is 0 Å². The third-order valence-electron chi connectivity index (χ3n) is 1.02. The quantitative estimate of drug-likeness (QED) is 0.627. The van der Waals surface area contributed by atoms with E-state index in [1.54, 1.807) is 6.26 Å². The van der Waals surface area contributed by atoms with Crippen LogP contribution in [0.2, 0.25) is 0 Å². The van der Waals surface area contributed by atoms with Gasteiger partial charge in [-0.05, 0) is 12.7 Å². The zero-order valence-electron chi connectivity index (χ0n) is 6.29. The van der Waals surface area contributed by atoms with Crippen molar-refractivity contribution in [2.75, 3.05) is 12.8 Å². The van der Waals surface area contributed by atoms with Crippen LogP contribution in [0.3, 0.4) is 0 Å². The summed E-state index contributed by atoms with van der Waals surface area (Å²) in [6.45, 7) is 0.436. The standard InChI is InChI=1S/C6H11NO3S/c1-11-6(10)7-4-2-3-5(8)9/h2-4H2,1H3,(H,7,10)(H,8,9). The van der Waals surface area contributed by atoms with Crippen LogP contribution < -0.4 is 5.32 Å². The smallest absolute Gasteiger partial charge is 0.303 e. The Morgan fingerprint density at radius 2 is 2.18 bits per heavy atom. The summed E-state index contributed by atoms with van der Waals surface area (Å²) in [5, 5.41) is 10.7. The fraction of sp³-hybridized carbons (Fsp3) is 0.667. The average molecular weight is 177 g/mol. The maximum absolute atomic E-state index is 10.6. The van der Waals surface area contributed by atoms with E-state index in [0.717, 1.165) is 11.8 Å². The van der Waals surface area contributed by atoms with E-state index in [1.807, 2.05) is 0 Å². The topological polar surface area (TPSA) is 66.4 Å². The first-order valence-corrected chi connectivity index (χ1v) is 4.43. The van der Waals surface area contributed by atoms with Crippen LogP contribution in [0.4, 0.5) is 4.79 Å². The highest BCUT2D eigenvalue weighted by Crippen LogP contribution is 1.93. The maximum atomic E-state index is 10.6. The van der Waals surface area contributed by atoms with Crippen molar-refractivity contribution in [1.29, 1.82) is 0 Å². The number of carboxylic acid groups (broad SMARTS) is 1. The lowest BCUT2D eigenvalue weighted by Crippen LogP contribution is -2.20. The SMILES string of the molecule is CSC(=O)NCCCC(=O)O. The van der Waals surface area contributed by atoms with E-state index in [2.05, 4.69) is 5.32 Å². The number of carbonyl (C=O) groups is 2. The Bertz CT molecular complexity index is 149. The minimum Gasteiger partial charge on any atom is -0.481 e. The van der Waals surface area contributed by atoms with E-state index in [-0.39, 0.29) is 11.7 Å². The van der Waals surface area contributed by atoms with Crippen molar-refractivity contribution in [2.45, 2.75) is 12.8 Å². The van der Waals surface area contributed by atoms with Crippen LogP contribution in [-0.4, -0.2) is 29.1 Å². The second kappa shape index (κ2) is 6.03. The normalized spacial score (nSPS) is 9.18. The summed E-state index contributed by atoms with van der Waals surface area (Å²) >= 11 is 1.09. The Morgan fingerprint density at radius 1 is 1.55 bits per heavy atom. The number of hydrogen-bond donors (Lipinski definition) is 2. The molecule has 5 heteroatoms. The van der Waals surface area contributed by atoms with E-state index in [0.29, 0.717) is 13.0 Å². The van der Waals surface area contributed by atoms with Crippen LogP contribution in [0.25, 0.3) is 0 Å². The molecule has 4 nitrogen and oxygen atoms in total. The Labute approximate surface area is 69.4 Å². The Balaban J connectivity index is 3.14. The largest absolute Gasteiger partial charge is 0.481 e. The van der Waals surface area contributed by atoms with E-state index < -0.39 is 5.97 Å². The molecule has 0 unspecified atom stereocenters. The van der Waals surface area contributed by atoms with Gasteiger partial charge in [0.15, 0.2) is 0 Å². The summed E-state index contributed by atoms with van der Waals surface area (Å²) in [5.41, 5.74) is 0. The Morgan fingerprint density at radius 3 is 2.64 bits per heavy atom. The maximum Gasteiger partial charge on any atom is 0.303 e. The van der Waals surface area contributed by atoms with Crippen LogP contribution in [0, 0.1) is 0 Å². The fourth-order valence-electron chi connectivity index (χ4n) is 0.502. The molecule has 0 fully saturated rings. The van der Waals surface area contributed by atoms with Crippen molar-refractivity contribution in [3.63, 3.8) is 0 Å². The molecule has 0 aliphatic rings. The van der Waals surface area contributed by atoms with Crippen molar-refractivity contribution in [3.05, 3.63) is 0 Å². The van der Waals surface area contributed by atoms with Gasteiger partial charge < -0.3 is 10.4 Å². The zero-order chi connectivity index (χ0) is 8.69. The highest BCUT2D eigenvalue weighted by atomic mass is 32.2. The highest BCUT2D eigenvalue weighted by Gasteiger charge is 1.98. The number of hydrogen-bond acceptors (Lipinski definition) is 3. The minimum atomic E-state index is -0.830. The minimum absolute atomic E-state index is 0.106. The predicted molar refractivity (Wildman–Crippen MR) is 43.8 cm³/mol. The first kappa shape index (κ1) is 10.3. The first-order valence-electron chi connectivity index (χ1n) is 3.20. The van der Waals surface area contributed by atoms with Gasteiger partial charge in [0.25, 0.3) is 5.24 Å². The molecule has 0 bridgehead atoms. The highest BCUT2D eigenvalue weighted by molar-refractivity contribution is 8.12. The molecule has 0 rings (SSSR count). The molecular weight excluding hydrogens is 166 g/mol. The van der Waals surface area contributed by atoms with Crippen LogP contribution in [0.15, 0.2) is 0 Å². The molecule has 0 atom stereocenters. The van der Waals surface area contributed by atoms with Crippen LogP contribution in [0.1, 0.15) is 12.8 Å². The first-order chi connectivity index (χ1) is 5.16. The zero-order valence-corrected chi connectivity index (χ0v) is 7.11. The number of nitrogens with one attached hydrogen (secondary N) is 1. The van der Waals surface area contributed by atoms with Crippen LogP contribution in [0.5, 0.6) is 0 Å². The van der Waals surface area contributed by atoms with Gasteiger partial charge in [-0.3, -0.25) is 9.59 Å². The van der Waals surface area contributed by atoms with Gasteiger partial charge in [-0.2, -0.15) is 0 Å². The molecule has 0 heterocycles. The monoisotopic (exact) mass is 177 g/mol. The molecule has 1 amide bonds. The van der Waals surface area contributed by atoms with Crippen molar-refractivity contribution < 1.29 is 14.7 Å². The molecular formula is C6H11NO3S. The molecule has 11 heavy (non-hydrogen) atoms. The summed E-state index contributed by atoms with van der Waals surface area (Å²) in [7, 11) is 0. The number of thioether (sulfide) groups is 1. The van der Waals surface area contributed by atoms with Crippen LogP contribution in [-0.2, 0) is 4.79 Å². The van der Waals surface area contributed by atoms with Gasteiger partial charge in [0.05, 0.1) is 0 Å². The lowest BCUT2D eigenvalue weighted by molar-refractivity contribution is -0.137. The number of carboxylic acids is 1. The van der Waals surface area contributed by atoms with Gasteiger partial charge in [-0.1, -0.05) is 11.8 Å². The van der Waals surface area contributed by atoms with Crippen molar-refractivity contribution >= 4 is 23.0 Å². The number of carbonyl (C=O) groups excluding carboxylic acids is 1. The molecule has 0 spiro atoms. The van der Waals surface area contributed by atoms with E-state index in [9.17, 15) is 9.59 Å². The summed E-state index contributed by atoms with van der Waals surface area (Å²) < 4.78 is 0. The number of amides is 1. The third-order valence-corrected chi connectivity index (χ3v) is 1.54. The van der Waals surface area contributed by atoms with Crippen molar-refractivity contribution in [1.82, 2.24) is 5.32 Å². The van der Waals surface area contributed by atoms with E-state index in [4.69, 9.17) is 5.11 Å². The van der Waals surface area contributed by atoms with Gasteiger partial charge in [-0.15, -0.1) is 0 Å². The number of rotatable bonds is 4. The summed E-state index contributed by atoms with van der Waals surface area (Å²) in [4.78, 5) is 20.6. The Kier molecular flexibility index (Phi) is 5.64. The Hall–Kier alpha value is -0.710. The second-order valence-corrected chi connectivity index (χ2v) is 2.69. The van der Waals surface area contributed by atoms with Gasteiger partial charge >= 0.3 is 5.97 Å². The molecule has 0 radical (unpaired) electrons. The molecule has 0 aromatic carbocycles. The van der Waals surface area contributed by atoms with Crippen molar-refractivity contribution in [2.24, 2.45) is 0 Å². The van der Waals surface area contributed by atoms with Crippen LogP contribution >= 0.6 is 11.8 Å². The van der Waals surface area contributed by atoms with E-state index >= 15 is 0 Å². The molecule has 0 aliphatic heterocycles. The van der Waals surface area contributed by atoms with Gasteiger partial charge in [0, 0.05) is 13.0 Å². The molecule has 0 aliphatic carbocycles. The van der Waals surface area contributed by atoms with Crippen molar-refractivity contribution in [3.8, 4) is 0 Å². The predicted octanol–water partition coefficient (Wildman–Crippen LogP) is 0.924.